The van der Waals surface area contributed by atoms with Gasteiger partial charge in [0, 0.05) is 5.56 Å². The van der Waals surface area contributed by atoms with Crippen LogP contribution in [0.15, 0.2) is 34.7 Å². The van der Waals surface area contributed by atoms with Crippen LogP contribution in [0.5, 0.6) is 0 Å². The molecule has 30 heavy (non-hydrogen) atoms. The number of carbonyl (C=O) groups is 3. The third-order valence-corrected chi connectivity index (χ3v) is 5.91. The van der Waals surface area contributed by atoms with Crippen LogP contribution in [0, 0.1) is 5.92 Å². The number of nitrogens with zero attached hydrogens (tertiary/aromatic N) is 3. The molecule has 2 fully saturated rings. The summed E-state index contributed by atoms with van der Waals surface area (Å²) in [5, 5.41) is 10.7. The number of ether oxygens (including phenoxy) is 1. The van der Waals surface area contributed by atoms with Crippen LogP contribution in [-0.4, -0.2) is 45.1 Å². The molecule has 0 bridgehead atoms. The second kappa shape index (κ2) is 7.89. The molecule has 9 heteroatoms. The Morgan fingerprint density at radius 2 is 2.07 bits per heavy atom. The molecule has 2 heterocycles. The predicted molar refractivity (Wildman–Crippen MR) is 105 cm³/mol. The Kier molecular flexibility index (Phi) is 5.27. The number of hydrogen-bond acceptors (Lipinski definition) is 7. The molecule has 0 unspecified atom stereocenters. The number of amides is 3. The fraction of sp³-hybridized carbons (Fsp3) is 0.476. The van der Waals surface area contributed by atoms with Gasteiger partial charge in [-0.25, -0.2) is 4.79 Å². The maximum Gasteiger partial charge on any atom is 0.327 e. The predicted octanol–water partition coefficient (Wildman–Crippen LogP) is 2.84. The van der Waals surface area contributed by atoms with E-state index in [1.54, 1.807) is 6.92 Å². The van der Waals surface area contributed by atoms with Gasteiger partial charge in [0.15, 0.2) is 6.10 Å². The minimum absolute atomic E-state index is 0.0254. The Bertz CT molecular complexity index is 959. The lowest BCUT2D eigenvalue weighted by molar-refractivity contribution is -0.153. The zero-order valence-corrected chi connectivity index (χ0v) is 17.0. The van der Waals surface area contributed by atoms with E-state index in [2.05, 4.69) is 15.5 Å². The quantitative estimate of drug-likeness (QED) is 0.593. The molecule has 1 saturated carbocycles. The van der Waals surface area contributed by atoms with Gasteiger partial charge in [0.1, 0.15) is 12.1 Å². The fourth-order valence-electron chi connectivity index (χ4n) is 4.15. The van der Waals surface area contributed by atoms with Gasteiger partial charge < -0.3 is 14.5 Å². The number of esters is 1. The summed E-state index contributed by atoms with van der Waals surface area (Å²) in [6, 6.07) is 8.67. The zero-order chi connectivity index (χ0) is 21.3. The third-order valence-electron chi connectivity index (χ3n) is 5.91. The first-order valence-electron chi connectivity index (χ1n) is 10.1. The van der Waals surface area contributed by atoms with Gasteiger partial charge in [-0.2, -0.15) is 0 Å². The molecule has 2 aliphatic rings. The molecular weight excluding hydrogens is 388 g/mol. The van der Waals surface area contributed by atoms with Crippen molar-refractivity contribution in [3.05, 3.63) is 36.2 Å². The smallest absolute Gasteiger partial charge is 0.327 e. The van der Waals surface area contributed by atoms with Crippen molar-refractivity contribution in [2.75, 3.05) is 6.54 Å². The maximum atomic E-state index is 12.9. The lowest BCUT2D eigenvalue weighted by Crippen LogP contribution is -2.54. The number of hydrogen-bond donors (Lipinski definition) is 1. The highest BCUT2D eigenvalue weighted by atomic mass is 16.6. The summed E-state index contributed by atoms with van der Waals surface area (Å²) in [4.78, 5) is 38.7. The molecule has 1 aromatic heterocycles. The third kappa shape index (κ3) is 3.55. The molecule has 1 N–H and O–H groups in total. The first-order chi connectivity index (χ1) is 14.4. The maximum absolute atomic E-state index is 12.9. The summed E-state index contributed by atoms with van der Waals surface area (Å²) in [6.07, 6.45) is 2.53. The van der Waals surface area contributed by atoms with E-state index in [-0.39, 0.29) is 17.7 Å². The van der Waals surface area contributed by atoms with Crippen molar-refractivity contribution in [2.45, 2.75) is 51.2 Å². The van der Waals surface area contributed by atoms with Crippen LogP contribution in [0.2, 0.25) is 0 Å². The molecule has 0 radical (unpaired) electrons. The van der Waals surface area contributed by atoms with Crippen molar-refractivity contribution >= 4 is 17.9 Å². The number of benzene rings is 1. The molecule has 3 atom stereocenters. The largest absolute Gasteiger partial charge is 0.451 e. The van der Waals surface area contributed by atoms with Gasteiger partial charge in [0.25, 0.3) is 11.8 Å². The molecule has 9 nitrogen and oxygen atoms in total. The first-order valence-corrected chi connectivity index (χ1v) is 10.1. The van der Waals surface area contributed by atoms with Gasteiger partial charge in [0.05, 0.1) is 0 Å². The Morgan fingerprint density at radius 3 is 2.80 bits per heavy atom. The second-order valence-corrected chi connectivity index (χ2v) is 7.88. The van der Waals surface area contributed by atoms with Gasteiger partial charge in [-0.3, -0.25) is 14.5 Å². The highest BCUT2D eigenvalue weighted by Gasteiger charge is 2.55. The molecule has 1 aliphatic carbocycles. The molecule has 158 valence electrons. The monoisotopic (exact) mass is 412 g/mol. The van der Waals surface area contributed by atoms with Crippen molar-refractivity contribution in [3.63, 3.8) is 0 Å². The zero-order valence-electron chi connectivity index (χ0n) is 17.0. The minimum atomic E-state index is -0.904. The van der Waals surface area contributed by atoms with Gasteiger partial charge in [0.2, 0.25) is 5.89 Å². The van der Waals surface area contributed by atoms with Crippen LogP contribution < -0.4 is 5.32 Å². The topological polar surface area (TPSA) is 115 Å². The van der Waals surface area contributed by atoms with Crippen molar-refractivity contribution < 1.29 is 23.5 Å². The summed E-state index contributed by atoms with van der Waals surface area (Å²) >= 11 is 0. The number of aromatic nitrogens is 2. The molecule has 1 saturated heterocycles. The van der Waals surface area contributed by atoms with Crippen LogP contribution in [0.3, 0.4) is 0 Å². The van der Waals surface area contributed by atoms with E-state index >= 15 is 0 Å². The van der Waals surface area contributed by atoms with Crippen LogP contribution in [-0.2, 0) is 14.3 Å². The molecule has 1 aromatic carbocycles. The Labute approximate surface area is 173 Å². The van der Waals surface area contributed by atoms with E-state index in [0.717, 1.165) is 29.7 Å². The summed E-state index contributed by atoms with van der Waals surface area (Å²) in [6.45, 7) is 3.10. The summed E-state index contributed by atoms with van der Waals surface area (Å²) in [5.41, 5.74) is -0.154. The summed E-state index contributed by atoms with van der Waals surface area (Å²) in [5.74, 6) is -0.593. The minimum Gasteiger partial charge on any atom is -0.451 e. The van der Waals surface area contributed by atoms with Crippen molar-refractivity contribution in [2.24, 2.45) is 5.92 Å². The average molecular weight is 412 g/mol. The van der Waals surface area contributed by atoms with E-state index in [1.807, 2.05) is 37.3 Å². The lowest BCUT2D eigenvalue weighted by atomic mass is 9.73. The normalized spacial score (nSPS) is 24.7. The Morgan fingerprint density at radius 1 is 1.30 bits per heavy atom. The van der Waals surface area contributed by atoms with E-state index in [9.17, 15) is 14.4 Å². The van der Waals surface area contributed by atoms with Crippen LogP contribution in [0.4, 0.5) is 4.79 Å². The Hall–Kier alpha value is -3.23. The summed E-state index contributed by atoms with van der Waals surface area (Å²) < 4.78 is 10.9. The van der Waals surface area contributed by atoms with Gasteiger partial charge in [-0.15, -0.1) is 10.2 Å². The lowest BCUT2D eigenvalue weighted by Gasteiger charge is -2.36. The van der Waals surface area contributed by atoms with Gasteiger partial charge in [-0.05, 0) is 37.8 Å². The molecule has 3 amide bonds. The van der Waals surface area contributed by atoms with E-state index in [0.29, 0.717) is 12.3 Å². The first kappa shape index (κ1) is 20.1. The Balaban J connectivity index is 1.39. The molecule has 4 rings (SSSR count). The van der Waals surface area contributed by atoms with Crippen molar-refractivity contribution in [1.82, 2.24) is 20.4 Å². The second-order valence-electron chi connectivity index (χ2n) is 7.88. The highest BCUT2D eigenvalue weighted by Crippen LogP contribution is 2.38. The fourth-order valence-corrected chi connectivity index (χ4v) is 4.15. The van der Waals surface area contributed by atoms with Crippen LogP contribution in [0.1, 0.15) is 51.5 Å². The van der Waals surface area contributed by atoms with Crippen molar-refractivity contribution in [3.8, 4) is 11.5 Å². The number of nitrogens with one attached hydrogen (secondary N) is 1. The SMILES string of the molecule is C[C@H](OC(=O)CN1C(=O)N[C@@]2(CCCC[C@@H]2C)C1=O)c1nnc(-c2ccccc2)o1. The van der Waals surface area contributed by atoms with E-state index in [4.69, 9.17) is 9.15 Å². The summed E-state index contributed by atoms with van der Waals surface area (Å²) in [7, 11) is 0. The van der Waals surface area contributed by atoms with Gasteiger partial charge in [-0.1, -0.05) is 38.0 Å². The molecule has 1 aliphatic heterocycles. The van der Waals surface area contributed by atoms with E-state index < -0.39 is 30.2 Å². The number of imide groups is 1. The average Bonchev–Trinajstić information content (AvgIpc) is 3.32. The standard InChI is InChI=1S/C21H24N4O5/c1-13-8-6-7-11-21(13)19(27)25(20(28)22-21)12-16(26)29-14(2)17-23-24-18(30-17)15-9-4-3-5-10-15/h3-5,9-10,13-14H,6-8,11-12H2,1-2H3,(H,22,28)/t13-,14-,21+/m0/s1. The number of carbonyl (C=O) groups excluding carboxylic acids is 3. The highest BCUT2D eigenvalue weighted by molar-refractivity contribution is 6.09. The number of rotatable bonds is 5. The molecule has 1 spiro atoms. The van der Waals surface area contributed by atoms with Crippen LogP contribution >= 0.6 is 0 Å². The number of urea groups is 1. The van der Waals surface area contributed by atoms with Crippen molar-refractivity contribution in [1.29, 1.82) is 0 Å². The molecule has 2 aromatic rings. The van der Waals surface area contributed by atoms with Gasteiger partial charge >= 0.3 is 12.0 Å². The van der Waals surface area contributed by atoms with Crippen LogP contribution in [0.25, 0.3) is 11.5 Å². The van der Waals surface area contributed by atoms with E-state index in [1.165, 1.54) is 0 Å². The molecular formula is C21H24N4O5.